The van der Waals surface area contributed by atoms with Crippen molar-refractivity contribution in [1.29, 1.82) is 0 Å². The highest BCUT2D eigenvalue weighted by Crippen LogP contribution is 2.54. The van der Waals surface area contributed by atoms with E-state index in [0.29, 0.717) is 11.7 Å². The van der Waals surface area contributed by atoms with Crippen molar-refractivity contribution in [3.63, 3.8) is 0 Å². The van der Waals surface area contributed by atoms with Crippen molar-refractivity contribution in [2.24, 2.45) is 17.6 Å². The Kier molecular flexibility index (Phi) is 2.21. The maximum Gasteiger partial charge on any atom is 0.118 e. The fraction of sp³-hybridized carbons (Fsp3) is 0.571. The summed E-state index contributed by atoms with van der Waals surface area (Å²) in [5, 5.41) is 9.74. The first kappa shape index (κ1) is 10.2. The van der Waals surface area contributed by atoms with Crippen LogP contribution < -0.4 is 5.73 Å². The molecule has 0 saturated heterocycles. The van der Waals surface area contributed by atoms with Gasteiger partial charge in [-0.2, -0.15) is 0 Å². The molecule has 16 heavy (non-hydrogen) atoms. The van der Waals surface area contributed by atoms with Crippen molar-refractivity contribution in [2.45, 2.75) is 37.6 Å². The molecule has 2 fully saturated rings. The third-order valence-electron chi connectivity index (χ3n) is 4.41. The van der Waals surface area contributed by atoms with E-state index < -0.39 is 0 Å². The second kappa shape index (κ2) is 3.49. The van der Waals surface area contributed by atoms with E-state index >= 15 is 0 Å². The molecule has 0 amide bonds. The van der Waals surface area contributed by atoms with Gasteiger partial charge in [0, 0.05) is 5.54 Å². The molecular weight excluding hydrogens is 198 g/mol. The number of phenols is 1. The molecule has 2 aliphatic rings. The smallest absolute Gasteiger partial charge is 0.118 e. The summed E-state index contributed by atoms with van der Waals surface area (Å²) < 4.78 is 0. The number of hydrogen-bond donors (Lipinski definition) is 2. The summed E-state index contributed by atoms with van der Waals surface area (Å²) in [6, 6.07) is 7.57. The molecule has 2 nitrogen and oxygen atoms in total. The summed E-state index contributed by atoms with van der Waals surface area (Å²) in [6.07, 6.45) is 6.09. The molecule has 2 saturated carbocycles. The van der Waals surface area contributed by atoms with Crippen LogP contribution in [-0.2, 0) is 6.42 Å². The fourth-order valence-electron chi connectivity index (χ4n) is 3.05. The molecule has 0 heterocycles. The number of hydrogen-bond acceptors (Lipinski definition) is 2. The summed E-state index contributed by atoms with van der Waals surface area (Å²) in [6.45, 7) is 0. The normalized spacial score (nSPS) is 33.4. The van der Waals surface area contributed by atoms with E-state index in [1.165, 1.54) is 19.3 Å². The van der Waals surface area contributed by atoms with Crippen LogP contribution >= 0.6 is 0 Å². The van der Waals surface area contributed by atoms with Gasteiger partial charge in [-0.05, 0) is 36.3 Å². The van der Waals surface area contributed by atoms with Crippen molar-refractivity contribution in [3.05, 3.63) is 29.8 Å². The summed E-state index contributed by atoms with van der Waals surface area (Å²) in [5.74, 6) is 1.98. The average molecular weight is 217 g/mol. The molecular formula is C14H19NO. The highest BCUT2D eigenvalue weighted by Gasteiger charge is 2.55. The molecule has 0 spiro atoms. The lowest BCUT2D eigenvalue weighted by Crippen LogP contribution is -2.32. The highest BCUT2D eigenvalue weighted by molar-refractivity contribution is 5.35. The Morgan fingerprint density at radius 2 is 2.06 bits per heavy atom. The van der Waals surface area contributed by atoms with E-state index in [0.717, 1.165) is 24.3 Å². The van der Waals surface area contributed by atoms with Crippen LogP contribution in [0.1, 0.15) is 31.2 Å². The molecule has 2 aliphatic carbocycles. The number of nitrogens with two attached hydrogens (primary N) is 1. The van der Waals surface area contributed by atoms with Gasteiger partial charge in [-0.25, -0.2) is 0 Å². The predicted octanol–water partition coefficient (Wildman–Crippen LogP) is 2.45. The largest absolute Gasteiger partial charge is 0.508 e. The molecule has 86 valence electrons. The quantitative estimate of drug-likeness (QED) is 0.817. The first-order chi connectivity index (χ1) is 7.69. The monoisotopic (exact) mass is 217 g/mol. The highest BCUT2D eigenvalue weighted by atomic mass is 16.3. The van der Waals surface area contributed by atoms with Gasteiger partial charge >= 0.3 is 0 Å². The minimum absolute atomic E-state index is 0.0239. The van der Waals surface area contributed by atoms with Crippen molar-refractivity contribution in [3.8, 4) is 5.75 Å². The maximum atomic E-state index is 9.74. The van der Waals surface area contributed by atoms with E-state index in [1.54, 1.807) is 6.07 Å². The molecule has 2 heteroatoms. The summed E-state index contributed by atoms with van der Waals surface area (Å²) in [4.78, 5) is 0. The fourth-order valence-corrected chi connectivity index (χ4v) is 3.05. The summed E-state index contributed by atoms with van der Waals surface area (Å²) in [5.41, 5.74) is 7.37. The third kappa shape index (κ3) is 1.61. The van der Waals surface area contributed by atoms with Crippen LogP contribution in [0, 0.1) is 11.8 Å². The number of phenolic OH excluding ortho intramolecular Hbond substituents is 1. The van der Waals surface area contributed by atoms with Gasteiger partial charge in [0.05, 0.1) is 0 Å². The van der Waals surface area contributed by atoms with Crippen molar-refractivity contribution in [1.82, 2.24) is 0 Å². The van der Waals surface area contributed by atoms with Crippen LogP contribution in [-0.4, -0.2) is 10.6 Å². The lowest BCUT2D eigenvalue weighted by molar-refractivity contribution is 0.257. The van der Waals surface area contributed by atoms with E-state index in [-0.39, 0.29) is 5.54 Å². The molecule has 3 rings (SSSR count). The Morgan fingerprint density at radius 1 is 1.31 bits per heavy atom. The number of benzene rings is 1. The Hall–Kier alpha value is -1.02. The summed E-state index contributed by atoms with van der Waals surface area (Å²) in [7, 11) is 0. The van der Waals surface area contributed by atoms with Crippen LogP contribution in [0.3, 0.4) is 0 Å². The van der Waals surface area contributed by atoms with Gasteiger partial charge in [-0.3, -0.25) is 0 Å². The molecule has 0 radical (unpaired) electrons. The van der Waals surface area contributed by atoms with Crippen LogP contribution in [0.5, 0.6) is 5.75 Å². The lowest BCUT2D eigenvalue weighted by Gasteiger charge is -2.27. The summed E-state index contributed by atoms with van der Waals surface area (Å²) >= 11 is 0. The lowest BCUT2D eigenvalue weighted by atomic mass is 9.79. The molecule has 1 aromatic carbocycles. The first-order valence-corrected chi connectivity index (χ1v) is 6.25. The third-order valence-corrected chi connectivity index (χ3v) is 4.41. The van der Waals surface area contributed by atoms with Crippen molar-refractivity contribution < 1.29 is 5.11 Å². The zero-order valence-corrected chi connectivity index (χ0v) is 9.52. The zero-order chi connectivity index (χ0) is 11.2. The van der Waals surface area contributed by atoms with Crippen LogP contribution in [0.15, 0.2) is 24.3 Å². The zero-order valence-electron chi connectivity index (χ0n) is 9.52. The van der Waals surface area contributed by atoms with Gasteiger partial charge in [0.25, 0.3) is 0 Å². The van der Waals surface area contributed by atoms with E-state index in [2.05, 4.69) is 0 Å². The molecule has 2 atom stereocenters. The molecule has 0 bridgehead atoms. The second-order valence-corrected chi connectivity index (χ2v) is 5.54. The van der Waals surface area contributed by atoms with Gasteiger partial charge in [0.15, 0.2) is 0 Å². The predicted molar refractivity (Wildman–Crippen MR) is 64.2 cm³/mol. The van der Waals surface area contributed by atoms with Gasteiger partial charge in [0.1, 0.15) is 5.75 Å². The van der Waals surface area contributed by atoms with Gasteiger partial charge < -0.3 is 10.8 Å². The number of rotatable bonds is 3. The number of para-hydroxylation sites is 1. The second-order valence-electron chi connectivity index (χ2n) is 5.54. The van der Waals surface area contributed by atoms with Crippen molar-refractivity contribution >= 4 is 0 Å². The average Bonchev–Trinajstić information content (AvgIpc) is 2.79. The van der Waals surface area contributed by atoms with E-state index in [9.17, 15) is 5.11 Å². The Labute approximate surface area is 96.5 Å². The van der Waals surface area contributed by atoms with E-state index in [1.807, 2.05) is 18.2 Å². The van der Waals surface area contributed by atoms with Crippen LogP contribution in [0.25, 0.3) is 0 Å². The molecule has 3 N–H and O–H groups in total. The molecule has 0 aliphatic heterocycles. The SMILES string of the molecule is NC1(Cc2ccccc2O)CC1C1CCC1. The van der Waals surface area contributed by atoms with Gasteiger partial charge in [-0.1, -0.05) is 37.5 Å². The van der Waals surface area contributed by atoms with E-state index in [4.69, 9.17) is 5.73 Å². The molecule has 0 aromatic heterocycles. The maximum absolute atomic E-state index is 9.74. The van der Waals surface area contributed by atoms with Crippen molar-refractivity contribution in [2.75, 3.05) is 0 Å². The van der Waals surface area contributed by atoms with Crippen LogP contribution in [0.4, 0.5) is 0 Å². The standard InChI is InChI=1S/C14H19NO/c15-14(9-12(14)10-5-3-6-10)8-11-4-1-2-7-13(11)16/h1-2,4,7,10,12,16H,3,5-6,8-9,15H2. The molecule has 2 unspecified atom stereocenters. The Morgan fingerprint density at radius 3 is 2.69 bits per heavy atom. The number of aromatic hydroxyl groups is 1. The first-order valence-electron chi connectivity index (χ1n) is 6.25. The Bertz CT molecular complexity index is 399. The van der Waals surface area contributed by atoms with Crippen LogP contribution in [0.2, 0.25) is 0 Å². The van der Waals surface area contributed by atoms with Gasteiger partial charge in [0.2, 0.25) is 0 Å². The minimum atomic E-state index is -0.0239. The topological polar surface area (TPSA) is 46.2 Å². The van der Waals surface area contributed by atoms with Gasteiger partial charge in [-0.15, -0.1) is 0 Å². The minimum Gasteiger partial charge on any atom is -0.508 e. The molecule has 1 aromatic rings. The Balaban J connectivity index is 1.69.